The van der Waals surface area contributed by atoms with E-state index in [0.717, 1.165) is 0 Å². The first-order valence-corrected chi connectivity index (χ1v) is 8.10. The molecule has 0 fully saturated rings. The van der Waals surface area contributed by atoms with Gasteiger partial charge in [-0.2, -0.15) is 0 Å². The van der Waals surface area contributed by atoms with Crippen molar-refractivity contribution in [3.05, 3.63) is 0 Å². The predicted octanol–water partition coefficient (Wildman–Crippen LogP) is -3.10. The van der Waals surface area contributed by atoms with E-state index in [0.29, 0.717) is 0 Å². The van der Waals surface area contributed by atoms with Crippen LogP contribution in [0, 0.1) is 5.92 Å². The van der Waals surface area contributed by atoms with Crippen molar-refractivity contribution < 1.29 is 34.5 Å². The zero-order chi connectivity index (χ0) is 20.6. The Bertz CT molecular complexity index is 524. The van der Waals surface area contributed by atoms with Crippen molar-refractivity contribution in [1.82, 2.24) is 16.0 Å². The summed E-state index contributed by atoms with van der Waals surface area (Å²) in [5, 5.41) is 34.3. The zero-order valence-electron chi connectivity index (χ0n) is 15.2. The standard InChI is InChI=1S/C15H28N4O7/c1-6(2)10(16)13(23)19-11(8(4)21)14(24)18-9(5-20)12(22)17-7(3)15(25)26/h6-11,20-21H,5,16H2,1-4H3,(H,17,22)(H,18,24)(H,19,23)(H,25,26)/t7-,8+,9-,10-,11-/m0/s1. The summed E-state index contributed by atoms with van der Waals surface area (Å²) in [5.74, 6) is -4.02. The Labute approximate surface area is 151 Å². The highest BCUT2D eigenvalue weighted by Gasteiger charge is 2.32. The highest BCUT2D eigenvalue weighted by Crippen LogP contribution is 2.01. The second-order valence-corrected chi connectivity index (χ2v) is 6.31. The van der Waals surface area contributed by atoms with Crippen LogP contribution in [0.5, 0.6) is 0 Å². The summed E-state index contributed by atoms with van der Waals surface area (Å²) >= 11 is 0. The van der Waals surface area contributed by atoms with Gasteiger partial charge in [-0.25, -0.2) is 0 Å². The maximum atomic E-state index is 12.3. The molecule has 0 aromatic carbocycles. The van der Waals surface area contributed by atoms with Gasteiger partial charge in [0.05, 0.1) is 18.8 Å². The lowest BCUT2D eigenvalue weighted by molar-refractivity contribution is -0.142. The molecule has 11 nitrogen and oxygen atoms in total. The summed E-state index contributed by atoms with van der Waals surface area (Å²) in [6.07, 6.45) is -1.31. The number of nitrogens with two attached hydrogens (primary N) is 1. The molecule has 5 atom stereocenters. The Morgan fingerprint density at radius 2 is 1.46 bits per heavy atom. The number of aliphatic carboxylic acids is 1. The number of hydrogen-bond donors (Lipinski definition) is 7. The molecule has 0 aliphatic carbocycles. The van der Waals surface area contributed by atoms with Crippen LogP contribution in [0.1, 0.15) is 27.7 Å². The summed E-state index contributed by atoms with van der Waals surface area (Å²) < 4.78 is 0. The lowest BCUT2D eigenvalue weighted by Gasteiger charge is -2.26. The number of aliphatic hydroxyl groups excluding tert-OH is 2. The van der Waals surface area contributed by atoms with E-state index in [1.165, 1.54) is 13.8 Å². The summed E-state index contributed by atoms with van der Waals surface area (Å²) in [6, 6.07) is -5.01. The molecule has 3 amide bonds. The molecule has 0 rings (SSSR count). The molecule has 26 heavy (non-hydrogen) atoms. The fourth-order valence-electron chi connectivity index (χ4n) is 1.79. The molecule has 0 heterocycles. The number of nitrogens with one attached hydrogen (secondary N) is 3. The van der Waals surface area contributed by atoms with E-state index in [-0.39, 0.29) is 5.92 Å². The molecule has 0 bridgehead atoms. The Balaban J connectivity index is 5.04. The monoisotopic (exact) mass is 376 g/mol. The van der Waals surface area contributed by atoms with Crippen LogP contribution < -0.4 is 21.7 Å². The van der Waals surface area contributed by atoms with Crippen molar-refractivity contribution in [3.63, 3.8) is 0 Å². The highest BCUT2D eigenvalue weighted by molar-refractivity contribution is 5.94. The molecule has 0 aromatic rings. The number of aliphatic hydroxyl groups is 2. The largest absolute Gasteiger partial charge is 0.480 e. The first kappa shape index (κ1) is 23.8. The van der Waals surface area contributed by atoms with Crippen molar-refractivity contribution >= 4 is 23.7 Å². The van der Waals surface area contributed by atoms with E-state index in [9.17, 15) is 29.4 Å². The maximum absolute atomic E-state index is 12.3. The number of carbonyl (C=O) groups excluding carboxylic acids is 3. The van der Waals surface area contributed by atoms with Crippen molar-refractivity contribution in [2.75, 3.05) is 6.61 Å². The molecule has 150 valence electrons. The number of rotatable bonds is 10. The minimum atomic E-state index is -1.46. The molecule has 0 spiro atoms. The minimum Gasteiger partial charge on any atom is -0.480 e. The molecule has 11 heteroatoms. The zero-order valence-corrected chi connectivity index (χ0v) is 15.2. The third kappa shape index (κ3) is 7.33. The van der Waals surface area contributed by atoms with Crippen LogP contribution in [0.2, 0.25) is 0 Å². The van der Waals surface area contributed by atoms with Gasteiger partial charge in [0.1, 0.15) is 18.1 Å². The molecule has 0 unspecified atom stereocenters. The van der Waals surface area contributed by atoms with Gasteiger partial charge >= 0.3 is 5.97 Å². The molecule has 8 N–H and O–H groups in total. The Morgan fingerprint density at radius 1 is 0.923 bits per heavy atom. The molecular weight excluding hydrogens is 348 g/mol. The van der Waals surface area contributed by atoms with Crippen molar-refractivity contribution in [2.45, 2.75) is 58.0 Å². The van der Waals surface area contributed by atoms with Gasteiger partial charge in [-0.05, 0) is 19.8 Å². The first-order chi connectivity index (χ1) is 11.9. The summed E-state index contributed by atoms with van der Waals surface area (Å²) in [7, 11) is 0. The van der Waals surface area contributed by atoms with Crippen LogP contribution in [-0.2, 0) is 19.2 Å². The van der Waals surface area contributed by atoms with Crippen molar-refractivity contribution in [3.8, 4) is 0 Å². The number of carboxylic acid groups (broad SMARTS) is 1. The van der Waals surface area contributed by atoms with Crippen LogP contribution in [-0.4, -0.2) is 75.9 Å². The van der Waals surface area contributed by atoms with Gasteiger partial charge in [0, 0.05) is 0 Å². The van der Waals surface area contributed by atoms with Crippen LogP contribution in [0.4, 0.5) is 0 Å². The van der Waals surface area contributed by atoms with Gasteiger partial charge in [-0.3, -0.25) is 19.2 Å². The average molecular weight is 376 g/mol. The van der Waals surface area contributed by atoms with Crippen molar-refractivity contribution in [1.29, 1.82) is 0 Å². The predicted molar refractivity (Wildman–Crippen MR) is 90.7 cm³/mol. The lowest BCUT2D eigenvalue weighted by Crippen LogP contribution is -2.60. The molecule has 0 radical (unpaired) electrons. The quantitative estimate of drug-likeness (QED) is 0.208. The second kappa shape index (κ2) is 10.7. The third-order valence-corrected chi connectivity index (χ3v) is 3.63. The lowest BCUT2D eigenvalue weighted by atomic mass is 10.0. The van der Waals surface area contributed by atoms with Gasteiger partial charge in [0.15, 0.2) is 0 Å². The van der Waals surface area contributed by atoms with Gasteiger partial charge in [0.2, 0.25) is 17.7 Å². The third-order valence-electron chi connectivity index (χ3n) is 3.63. The SMILES string of the molecule is CC(C)[C@H](N)C(=O)N[C@H](C(=O)N[C@@H](CO)C(=O)N[C@@H](C)C(=O)O)[C@@H](C)O. The van der Waals surface area contributed by atoms with E-state index in [2.05, 4.69) is 16.0 Å². The number of hydrogen-bond acceptors (Lipinski definition) is 7. The van der Waals surface area contributed by atoms with Crippen LogP contribution in [0.3, 0.4) is 0 Å². The Hall–Kier alpha value is -2.24. The van der Waals surface area contributed by atoms with Crippen molar-refractivity contribution in [2.24, 2.45) is 11.7 Å². The molecule has 0 saturated heterocycles. The minimum absolute atomic E-state index is 0.207. The number of carboxylic acids is 1. The van der Waals surface area contributed by atoms with Gasteiger partial charge in [0.25, 0.3) is 0 Å². The fourth-order valence-corrected chi connectivity index (χ4v) is 1.79. The molecule has 0 aliphatic rings. The van der Waals surface area contributed by atoms with Gasteiger partial charge in [-0.15, -0.1) is 0 Å². The van der Waals surface area contributed by atoms with E-state index in [4.69, 9.17) is 10.8 Å². The number of carbonyl (C=O) groups is 4. The van der Waals surface area contributed by atoms with E-state index in [1.807, 2.05) is 0 Å². The normalized spacial score (nSPS) is 16.8. The smallest absolute Gasteiger partial charge is 0.325 e. The van der Waals surface area contributed by atoms with Crippen LogP contribution in [0.15, 0.2) is 0 Å². The molecular formula is C15H28N4O7. The Morgan fingerprint density at radius 3 is 1.85 bits per heavy atom. The average Bonchev–Trinajstić information content (AvgIpc) is 2.55. The van der Waals surface area contributed by atoms with Crippen LogP contribution >= 0.6 is 0 Å². The topological polar surface area (TPSA) is 191 Å². The highest BCUT2D eigenvalue weighted by atomic mass is 16.4. The van der Waals surface area contributed by atoms with E-state index < -0.39 is 60.6 Å². The van der Waals surface area contributed by atoms with Gasteiger partial charge in [-0.1, -0.05) is 13.8 Å². The van der Waals surface area contributed by atoms with Crippen LogP contribution in [0.25, 0.3) is 0 Å². The molecule has 0 aromatic heterocycles. The maximum Gasteiger partial charge on any atom is 0.325 e. The second-order valence-electron chi connectivity index (χ2n) is 6.31. The Kier molecular flexibility index (Phi) is 9.76. The molecule has 0 saturated carbocycles. The van der Waals surface area contributed by atoms with E-state index in [1.54, 1.807) is 13.8 Å². The summed E-state index contributed by atoms with van der Waals surface area (Å²) in [5.41, 5.74) is 5.68. The van der Waals surface area contributed by atoms with E-state index >= 15 is 0 Å². The first-order valence-electron chi connectivity index (χ1n) is 8.10. The number of amides is 3. The molecule has 0 aliphatic heterocycles. The van der Waals surface area contributed by atoms with Gasteiger partial charge < -0.3 is 37.0 Å². The fraction of sp³-hybridized carbons (Fsp3) is 0.733. The summed E-state index contributed by atoms with van der Waals surface area (Å²) in [4.78, 5) is 46.9. The summed E-state index contributed by atoms with van der Waals surface area (Å²) in [6.45, 7) is 5.07.